The molecule has 0 saturated carbocycles. The molecule has 20 heavy (non-hydrogen) atoms. The smallest absolute Gasteiger partial charge is 0.284 e. The first kappa shape index (κ1) is 12.9. The Morgan fingerprint density at radius 2 is 2.05 bits per heavy atom. The average molecular weight is 305 g/mol. The highest BCUT2D eigenvalue weighted by molar-refractivity contribution is 7.20. The number of phenols is 1. The molecule has 0 bridgehead atoms. The molecule has 0 saturated heterocycles. The number of hydrogen-bond donors (Lipinski definition) is 2. The van der Waals surface area contributed by atoms with Crippen molar-refractivity contribution in [3.63, 3.8) is 0 Å². The molecule has 1 heterocycles. The van der Waals surface area contributed by atoms with Crippen molar-refractivity contribution in [3.05, 3.63) is 52.5 Å². The number of fused-ring (bicyclic) bond motifs is 1. The largest absolute Gasteiger partial charge is 0.506 e. The molecule has 0 radical (unpaired) electrons. The van der Waals surface area contributed by atoms with Crippen molar-refractivity contribution in [3.8, 4) is 5.75 Å². The van der Waals surface area contributed by atoms with Crippen LogP contribution in [0, 0.1) is 0 Å². The van der Waals surface area contributed by atoms with Gasteiger partial charge in [-0.1, -0.05) is 23.7 Å². The van der Waals surface area contributed by atoms with Crippen molar-refractivity contribution in [2.75, 3.05) is 5.32 Å². The summed E-state index contributed by atoms with van der Waals surface area (Å²) in [6.07, 6.45) is 0. The second-order valence-electron chi connectivity index (χ2n) is 4.10. The zero-order valence-corrected chi connectivity index (χ0v) is 11.7. The SMILES string of the molecule is O=C(Nc1ccc(Cl)cc1O)c1nc2ccccc2s1. The summed E-state index contributed by atoms with van der Waals surface area (Å²) in [4.78, 5) is 16.4. The Hall–Kier alpha value is -2.11. The van der Waals surface area contributed by atoms with Crippen LogP contribution in [0.25, 0.3) is 10.2 Å². The molecule has 0 aliphatic carbocycles. The van der Waals surface area contributed by atoms with Gasteiger partial charge in [0.05, 0.1) is 15.9 Å². The summed E-state index contributed by atoms with van der Waals surface area (Å²) in [6.45, 7) is 0. The van der Waals surface area contributed by atoms with Gasteiger partial charge in [-0.2, -0.15) is 0 Å². The standard InChI is InChI=1S/C14H9ClN2O2S/c15-8-5-6-9(11(18)7-8)16-13(19)14-17-10-3-1-2-4-12(10)20-14/h1-7,18H,(H,16,19). The average Bonchev–Trinajstić information content (AvgIpc) is 2.86. The third-order valence-corrected chi connectivity index (χ3v) is 3.97. The van der Waals surface area contributed by atoms with Crippen molar-refractivity contribution < 1.29 is 9.90 Å². The Kier molecular flexibility index (Phi) is 3.30. The van der Waals surface area contributed by atoms with Gasteiger partial charge in [-0.05, 0) is 24.3 Å². The molecule has 1 aromatic heterocycles. The molecule has 3 aromatic rings. The van der Waals surface area contributed by atoms with Gasteiger partial charge in [0.15, 0.2) is 5.01 Å². The minimum Gasteiger partial charge on any atom is -0.506 e. The summed E-state index contributed by atoms with van der Waals surface area (Å²) in [5, 5.41) is 13.1. The molecule has 0 aliphatic rings. The van der Waals surface area contributed by atoms with E-state index in [9.17, 15) is 9.90 Å². The number of nitrogens with one attached hydrogen (secondary N) is 1. The fraction of sp³-hybridized carbons (Fsp3) is 0. The number of carbonyl (C=O) groups is 1. The predicted octanol–water partition coefficient (Wildman–Crippen LogP) is 3.91. The van der Waals surface area contributed by atoms with Crippen LogP contribution in [0.4, 0.5) is 5.69 Å². The number of hydrogen-bond acceptors (Lipinski definition) is 4. The van der Waals surface area contributed by atoms with E-state index in [0.29, 0.717) is 15.7 Å². The summed E-state index contributed by atoms with van der Waals surface area (Å²) in [7, 11) is 0. The first-order valence-electron chi connectivity index (χ1n) is 5.79. The predicted molar refractivity (Wildman–Crippen MR) is 80.7 cm³/mol. The van der Waals surface area contributed by atoms with Crippen molar-refractivity contribution in [2.45, 2.75) is 0 Å². The van der Waals surface area contributed by atoms with Crippen LogP contribution in [-0.2, 0) is 0 Å². The van der Waals surface area contributed by atoms with Crippen molar-refractivity contribution >= 4 is 44.7 Å². The number of anilines is 1. The fourth-order valence-electron chi connectivity index (χ4n) is 1.76. The Morgan fingerprint density at radius 1 is 1.25 bits per heavy atom. The van der Waals surface area contributed by atoms with E-state index in [2.05, 4.69) is 10.3 Å². The normalized spacial score (nSPS) is 10.7. The van der Waals surface area contributed by atoms with Gasteiger partial charge in [0.25, 0.3) is 5.91 Å². The number of amides is 1. The number of carbonyl (C=O) groups excluding carboxylic acids is 1. The summed E-state index contributed by atoms with van der Waals surface area (Å²) in [6, 6.07) is 12.0. The lowest BCUT2D eigenvalue weighted by Crippen LogP contribution is -2.11. The molecule has 1 amide bonds. The van der Waals surface area contributed by atoms with Crippen molar-refractivity contribution in [2.24, 2.45) is 0 Å². The Morgan fingerprint density at radius 3 is 2.80 bits per heavy atom. The molecule has 0 spiro atoms. The summed E-state index contributed by atoms with van der Waals surface area (Å²) in [5.74, 6) is -0.434. The first-order chi connectivity index (χ1) is 9.63. The Balaban J connectivity index is 1.89. The molecule has 2 N–H and O–H groups in total. The number of aromatic hydroxyl groups is 1. The lowest BCUT2D eigenvalue weighted by molar-refractivity contribution is 0.102. The summed E-state index contributed by atoms with van der Waals surface area (Å²) in [5.41, 5.74) is 1.08. The van der Waals surface area contributed by atoms with Crippen LogP contribution in [-0.4, -0.2) is 16.0 Å². The minimum absolute atomic E-state index is 0.0769. The third-order valence-electron chi connectivity index (χ3n) is 2.70. The van der Waals surface area contributed by atoms with Crippen molar-refractivity contribution in [1.82, 2.24) is 4.98 Å². The number of phenolic OH excluding ortho intramolecular Hbond substituents is 1. The number of benzene rings is 2. The van der Waals surface area contributed by atoms with Gasteiger partial charge in [0.2, 0.25) is 0 Å². The maximum Gasteiger partial charge on any atom is 0.284 e. The van der Waals surface area contributed by atoms with Gasteiger partial charge >= 0.3 is 0 Å². The maximum absolute atomic E-state index is 12.1. The lowest BCUT2D eigenvalue weighted by atomic mass is 10.3. The number of nitrogens with zero attached hydrogens (tertiary/aromatic N) is 1. The van der Waals surface area contributed by atoms with E-state index in [1.807, 2.05) is 24.3 Å². The van der Waals surface area contributed by atoms with Gasteiger partial charge in [0.1, 0.15) is 5.75 Å². The van der Waals surface area contributed by atoms with Crippen LogP contribution in [0.5, 0.6) is 5.75 Å². The second-order valence-corrected chi connectivity index (χ2v) is 5.57. The second kappa shape index (κ2) is 5.11. The molecule has 100 valence electrons. The molecule has 0 atom stereocenters. The molecule has 3 rings (SSSR count). The van der Waals surface area contributed by atoms with E-state index in [1.54, 1.807) is 12.1 Å². The van der Waals surface area contributed by atoms with Crippen LogP contribution < -0.4 is 5.32 Å². The number of rotatable bonds is 2. The number of halogens is 1. The number of thiazole rings is 1. The molecular weight excluding hydrogens is 296 g/mol. The summed E-state index contributed by atoms with van der Waals surface area (Å²) < 4.78 is 0.943. The third kappa shape index (κ3) is 2.45. The zero-order chi connectivity index (χ0) is 14.1. The molecule has 2 aromatic carbocycles. The number of aromatic nitrogens is 1. The van der Waals surface area contributed by atoms with Gasteiger partial charge in [0, 0.05) is 11.1 Å². The molecule has 0 aliphatic heterocycles. The molecular formula is C14H9ClN2O2S. The quantitative estimate of drug-likeness (QED) is 0.706. The van der Waals surface area contributed by atoms with Crippen LogP contribution in [0.2, 0.25) is 5.02 Å². The van der Waals surface area contributed by atoms with E-state index >= 15 is 0 Å². The van der Waals surface area contributed by atoms with E-state index in [1.165, 1.54) is 17.4 Å². The van der Waals surface area contributed by atoms with E-state index < -0.39 is 0 Å². The Bertz CT molecular complexity index is 768. The van der Waals surface area contributed by atoms with Gasteiger partial charge < -0.3 is 10.4 Å². The first-order valence-corrected chi connectivity index (χ1v) is 6.98. The molecule has 4 nitrogen and oxygen atoms in total. The van der Waals surface area contributed by atoms with E-state index in [4.69, 9.17) is 11.6 Å². The number of para-hydroxylation sites is 1. The van der Waals surface area contributed by atoms with Crippen molar-refractivity contribution in [1.29, 1.82) is 0 Å². The molecule has 0 unspecified atom stereocenters. The zero-order valence-electron chi connectivity index (χ0n) is 10.1. The summed E-state index contributed by atoms with van der Waals surface area (Å²) >= 11 is 7.04. The van der Waals surface area contributed by atoms with Crippen LogP contribution in [0.15, 0.2) is 42.5 Å². The monoisotopic (exact) mass is 304 g/mol. The minimum atomic E-state index is -0.358. The molecule has 0 fully saturated rings. The van der Waals surface area contributed by atoms with E-state index in [-0.39, 0.29) is 11.7 Å². The topological polar surface area (TPSA) is 62.2 Å². The van der Waals surface area contributed by atoms with Gasteiger partial charge in [-0.3, -0.25) is 4.79 Å². The highest BCUT2D eigenvalue weighted by atomic mass is 35.5. The van der Waals surface area contributed by atoms with Crippen LogP contribution in [0.1, 0.15) is 9.80 Å². The van der Waals surface area contributed by atoms with Crippen LogP contribution >= 0.6 is 22.9 Å². The molecule has 6 heteroatoms. The fourth-order valence-corrected chi connectivity index (χ4v) is 2.78. The van der Waals surface area contributed by atoms with Gasteiger partial charge in [-0.15, -0.1) is 11.3 Å². The Labute approximate surface area is 123 Å². The lowest BCUT2D eigenvalue weighted by Gasteiger charge is -2.05. The van der Waals surface area contributed by atoms with Crippen LogP contribution in [0.3, 0.4) is 0 Å². The van der Waals surface area contributed by atoms with E-state index in [0.717, 1.165) is 10.2 Å². The maximum atomic E-state index is 12.1. The van der Waals surface area contributed by atoms with Gasteiger partial charge in [-0.25, -0.2) is 4.98 Å². The highest BCUT2D eigenvalue weighted by Gasteiger charge is 2.13. The highest BCUT2D eigenvalue weighted by Crippen LogP contribution is 2.28.